The number of benzene rings is 1. The first-order chi connectivity index (χ1) is 8.22. The molecule has 0 aliphatic carbocycles. The maximum atomic E-state index is 10.8. The van der Waals surface area contributed by atoms with Crippen molar-refractivity contribution in [1.82, 2.24) is 0 Å². The van der Waals surface area contributed by atoms with E-state index in [2.05, 4.69) is 0 Å². The van der Waals surface area contributed by atoms with Gasteiger partial charge in [-0.1, -0.05) is 24.3 Å². The van der Waals surface area contributed by atoms with E-state index >= 15 is 0 Å². The highest BCUT2D eigenvalue weighted by molar-refractivity contribution is 7.17. The van der Waals surface area contributed by atoms with E-state index in [9.17, 15) is 4.79 Å². The van der Waals surface area contributed by atoms with Crippen molar-refractivity contribution in [3.8, 4) is 10.4 Å². The molecule has 1 N–H and O–H groups in total. The van der Waals surface area contributed by atoms with Gasteiger partial charge in [0.1, 0.15) is 4.88 Å². The molecule has 0 atom stereocenters. The van der Waals surface area contributed by atoms with Crippen LogP contribution in [0.15, 0.2) is 36.4 Å². The second-order valence-corrected chi connectivity index (χ2v) is 4.64. The normalized spacial score (nSPS) is 10.4. The number of carbonyl (C=O) groups is 1. The van der Waals surface area contributed by atoms with Crippen molar-refractivity contribution in [2.45, 2.75) is 6.61 Å². The van der Waals surface area contributed by atoms with Gasteiger partial charge in [0.25, 0.3) is 0 Å². The van der Waals surface area contributed by atoms with Gasteiger partial charge in [-0.15, -0.1) is 11.3 Å². The molecule has 0 amide bonds. The Kier molecular flexibility index (Phi) is 3.56. The minimum Gasteiger partial charge on any atom is -0.477 e. The van der Waals surface area contributed by atoms with Crippen LogP contribution < -0.4 is 0 Å². The number of carboxylic acid groups (broad SMARTS) is 1. The van der Waals surface area contributed by atoms with Crippen LogP contribution in [0.3, 0.4) is 0 Å². The van der Waals surface area contributed by atoms with Crippen molar-refractivity contribution in [3.05, 3.63) is 46.8 Å². The average molecular weight is 248 g/mol. The van der Waals surface area contributed by atoms with Crippen molar-refractivity contribution in [2.24, 2.45) is 0 Å². The molecule has 0 unspecified atom stereocenters. The van der Waals surface area contributed by atoms with Gasteiger partial charge in [-0.25, -0.2) is 4.79 Å². The Morgan fingerprint density at radius 3 is 2.71 bits per heavy atom. The molecule has 1 aromatic carbocycles. The van der Waals surface area contributed by atoms with E-state index in [0.29, 0.717) is 11.5 Å². The molecule has 17 heavy (non-hydrogen) atoms. The third kappa shape index (κ3) is 2.54. The third-order valence-electron chi connectivity index (χ3n) is 2.40. The van der Waals surface area contributed by atoms with E-state index in [0.717, 1.165) is 16.0 Å². The Balaban J connectivity index is 2.41. The summed E-state index contributed by atoms with van der Waals surface area (Å²) >= 11 is 1.28. The van der Waals surface area contributed by atoms with E-state index < -0.39 is 5.97 Å². The molecule has 0 saturated carbocycles. The molecule has 4 heteroatoms. The smallest absolute Gasteiger partial charge is 0.345 e. The maximum absolute atomic E-state index is 10.8. The highest BCUT2D eigenvalue weighted by Crippen LogP contribution is 2.31. The predicted molar refractivity (Wildman–Crippen MR) is 67.4 cm³/mol. The topological polar surface area (TPSA) is 46.5 Å². The summed E-state index contributed by atoms with van der Waals surface area (Å²) in [7, 11) is 1.65. The van der Waals surface area contributed by atoms with E-state index in [1.807, 2.05) is 30.3 Å². The fourth-order valence-corrected chi connectivity index (χ4v) is 2.55. The summed E-state index contributed by atoms with van der Waals surface area (Å²) in [5.74, 6) is -0.884. The van der Waals surface area contributed by atoms with Crippen molar-refractivity contribution < 1.29 is 14.6 Å². The summed E-state index contributed by atoms with van der Waals surface area (Å²) < 4.78 is 5.13. The quantitative estimate of drug-likeness (QED) is 0.903. The number of carboxylic acids is 1. The molecule has 2 rings (SSSR count). The Hall–Kier alpha value is -1.65. The van der Waals surface area contributed by atoms with Crippen LogP contribution in [0.5, 0.6) is 0 Å². The molecule has 0 fully saturated rings. The van der Waals surface area contributed by atoms with Crippen LogP contribution >= 0.6 is 11.3 Å². The van der Waals surface area contributed by atoms with E-state index in [4.69, 9.17) is 9.84 Å². The van der Waals surface area contributed by atoms with Gasteiger partial charge in [0.15, 0.2) is 0 Å². The molecule has 1 heterocycles. The van der Waals surface area contributed by atoms with Crippen LogP contribution in [0.25, 0.3) is 10.4 Å². The van der Waals surface area contributed by atoms with Gasteiger partial charge < -0.3 is 9.84 Å². The predicted octanol–water partition coefficient (Wildman–Crippen LogP) is 3.26. The van der Waals surface area contributed by atoms with Gasteiger partial charge >= 0.3 is 5.97 Å². The molecule has 0 bridgehead atoms. The average Bonchev–Trinajstić information content (AvgIpc) is 2.79. The maximum Gasteiger partial charge on any atom is 0.345 e. The summed E-state index contributed by atoms with van der Waals surface area (Å²) in [6, 6.07) is 11.3. The number of hydrogen-bond donors (Lipinski definition) is 1. The van der Waals surface area contributed by atoms with Crippen molar-refractivity contribution in [3.63, 3.8) is 0 Å². The van der Waals surface area contributed by atoms with E-state index in [1.165, 1.54) is 11.3 Å². The lowest BCUT2D eigenvalue weighted by Crippen LogP contribution is -1.90. The van der Waals surface area contributed by atoms with E-state index in [1.54, 1.807) is 13.2 Å². The molecule has 0 radical (unpaired) electrons. The molecule has 0 saturated heterocycles. The number of thiophene rings is 1. The fraction of sp³-hybridized carbons (Fsp3) is 0.154. The zero-order valence-corrected chi connectivity index (χ0v) is 10.2. The van der Waals surface area contributed by atoms with Gasteiger partial charge in [0, 0.05) is 12.0 Å². The molecular weight excluding hydrogens is 236 g/mol. The molecule has 0 spiro atoms. The lowest BCUT2D eigenvalue weighted by Gasteiger charge is -2.06. The Labute approximate surface area is 103 Å². The zero-order valence-electron chi connectivity index (χ0n) is 9.34. The van der Waals surface area contributed by atoms with Gasteiger partial charge in [-0.05, 0) is 23.3 Å². The standard InChI is InChI=1S/C13H12O3S/c1-16-8-9-4-2-3-5-10(9)11-6-7-12(17-11)13(14)15/h2-7H,8H2,1H3,(H,14,15). The van der Waals surface area contributed by atoms with Crippen LogP contribution in [0.4, 0.5) is 0 Å². The second-order valence-electron chi connectivity index (χ2n) is 3.56. The largest absolute Gasteiger partial charge is 0.477 e. The summed E-state index contributed by atoms with van der Waals surface area (Å²) in [6.45, 7) is 0.524. The monoisotopic (exact) mass is 248 g/mol. The highest BCUT2D eigenvalue weighted by atomic mass is 32.1. The minimum atomic E-state index is -0.884. The van der Waals surface area contributed by atoms with Crippen molar-refractivity contribution in [1.29, 1.82) is 0 Å². The lowest BCUT2D eigenvalue weighted by atomic mass is 10.1. The molecule has 3 nitrogen and oxygen atoms in total. The lowest BCUT2D eigenvalue weighted by molar-refractivity contribution is 0.0702. The van der Waals surface area contributed by atoms with Crippen molar-refractivity contribution in [2.75, 3.05) is 7.11 Å². The van der Waals surface area contributed by atoms with Crippen molar-refractivity contribution >= 4 is 17.3 Å². The number of hydrogen-bond acceptors (Lipinski definition) is 3. The Bertz CT molecular complexity index is 531. The Morgan fingerprint density at radius 2 is 2.06 bits per heavy atom. The first-order valence-corrected chi connectivity index (χ1v) is 5.94. The van der Waals surface area contributed by atoms with Crippen LogP contribution in [0.2, 0.25) is 0 Å². The SMILES string of the molecule is COCc1ccccc1-c1ccc(C(=O)O)s1. The third-order valence-corrected chi connectivity index (χ3v) is 3.51. The van der Waals surface area contributed by atoms with Crippen LogP contribution in [0, 0.1) is 0 Å². The summed E-state index contributed by atoms with van der Waals surface area (Å²) in [6.07, 6.45) is 0. The van der Waals surface area contributed by atoms with E-state index in [-0.39, 0.29) is 0 Å². The van der Waals surface area contributed by atoms with Gasteiger partial charge in [-0.3, -0.25) is 0 Å². The fourth-order valence-electron chi connectivity index (χ4n) is 1.64. The van der Waals surface area contributed by atoms with Crippen LogP contribution in [0.1, 0.15) is 15.2 Å². The summed E-state index contributed by atoms with van der Waals surface area (Å²) in [4.78, 5) is 12.1. The molecular formula is C13H12O3S. The zero-order chi connectivity index (χ0) is 12.3. The molecule has 0 aliphatic heterocycles. The first-order valence-electron chi connectivity index (χ1n) is 5.12. The summed E-state index contributed by atoms with van der Waals surface area (Å²) in [5.41, 5.74) is 2.10. The first kappa shape index (κ1) is 11.8. The van der Waals surface area contributed by atoms with Gasteiger partial charge in [0.05, 0.1) is 6.61 Å². The number of ether oxygens (including phenoxy) is 1. The molecule has 88 valence electrons. The Morgan fingerprint density at radius 1 is 1.29 bits per heavy atom. The van der Waals surface area contributed by atoms with Crippen LogP contribution in [-0.4, -0.2) is 18.2 Å². The summed E-state index contributed by atoms with van der Waals surface area (Å²) in [5, 5.41) is 8.90. The van der Waals surface area contributed by atoms with Gasteiger partial charge in [0.2, 0.25) is 0 Å². The van der Waals surface area contributed by atoms with Gasteiger partial charge in [-0.2, -0.15) is 0 Å². The molecule has 2 aromatic rings. The molecule has 0 aliphatic rings. The molecule has 1 aromatic heterocycles. The second kappa shape index (κ2) is 5.12. The number of rotatable bonds is 4. The highest BCUT2D eigenvalue weighted by Gasteiger charge is 2.10. The minimum absolute atomic E-state index is 0.354. The number of methoxy groups -OCH3 is 1. The number of aromatic carboxylic acids is 1. The van der Waals surface area contributed by atoms with Crippen LogP contribution in [-0.2, 0) is 11.3 Å².